The van der Waals surface area contributed by atoms with Crippen molar-refractivity contribution in [2.75, 3.05) is 0 Å². The van der Waals surface area contributed by atoms with Gasteiger partial charge in [-0.3, -0.25) is 4.68 Å². The Morgan fingerprint density at radius 3 is 2.68 bits per heavy atom. The number of hydrogen-bond donors (Lipinski definition) is 1. The van der Waals surface area contributed by atoms with E-state index in [9.17, 15) is 4.79 Å². The van der Waals surface area contributed by atoms with Gasteiger partial charge in [-0.25, -0.2) is 14.5 Å². The minimum atomic E-state index is -1.11. The lowest BCUT2D eigenvalue weighted by Crippen LogP contribution is -2.05. The van der Waals surface area contributed by atoms with Crippen LogP contribution in [0.25, 0.3) is 5.69 Å². The third-order valence-electron chi connectivity index (χ3n) is 2.79. The van der Waals surface area contributed by atoms with E-state index in [-0.39, 0.29) is 5.82 Å². The predicted molar refractivity (Wildman–Crippen MR) is 68.5 cm³/mol. The average molecular weight is 263 g/mol. The van der Waals surface area contributed by atoms with Gasteiger partial charge in [0.15, 0.2) is 0 Å². The molecule has 2 aromatic heterocycles. The molecule has 0 radical (unpaired) electrons. The lowest BCUT2D eigenvalue weighted by molar-refractivity contribution is 0.0683. The number of carboxylic acid groups (broad SMARTS) is 1. The molecule has 0 aliphatic heterocycles. The maximum Gasteiger partial charge on any atom is 0.375 e. The van der Waals surface area contributed by atoms with E-state index in [1.807, 2.05) is 27.1 Å². The van der Waals surface area contributed by atoms with Gasteiger partial charge >= 0.3 is 5.97 Å². The first-order valence-electron chi connectivity index (χ1n) is 6.28. The van der Waals surface area contributed by atoms with E-state index in [1.165, 1.54) is 0 Å². The van der Waals surface area contributed by atoms with Gasteiger partial charge in [-0.15, -0.1) is 5.10 Å². The van der Waals surface area contributed by atoms with Gasteiger partial charge in [-0.2, -0.15) is 5.10 Å². The highest BCUT2D eigenvalue weighted by Gasteiger charge is 2.19. The van der Waals surface area contributed by atoms with Gasteiger partial charge < -0.3 is 5.11 Å². The van der Waals surface area contributed by atoms with Crippen LogP contribution in [0.2, 0.25) is 0 Å². The molecule has 7 heteroatoms. The third kappa shape index (κ3) is 2.49. The molecule has 0 unspecified atom stereocenters. The summed E-state index contributed by atoms with van der Waals surface area (Å²) >= 11 is 0. The molecule has 102 valence electrons. The topological polar surface area (TPSA) is 85.8 Å². The molecule has 0 fully saturated rings. The molecule has 0 saturated heterocycles. The molecule has 0 spiro atoms. The smallest absolute Gasteiger partial charge is 0.375 e. The molecule has 2 aromatic rings. The van der Waals surface area contributed by atoms with Crippen molar-refractivity contribution >= 4 is 5.97 Å². The van der Waals surface area contributed by atoms with Gasteiger partial charge in [0, 0.05) is 13.5 Å². The Morgan fingerprint density at radius 2 is 2.11 bits per heavy atom. The largest absolute Gasteiger partial charge is 0.475 e. The molecule has 19 heavy (non-hydrogen) atoms. The van der Waals surface area contributed by atoms with E-state index in [2.05, 4.69) is 15.2 Å². The number of aromatic nitrogens is 5. The summed E-state index contributed by atoms with van der Waals surface area (Å²) in [5, 5.41) is 17.4. The molecule has 0 bridgehead atoms. The monoisotopic (exact) mass is 263 g/mol. The molecule has 7 nitrogen and oxygen atoms in total. The molecule has 2 rings (SSSR count). The highest BCUT2D eigenvalue weighted by Crippen LogP contribution is 2.16. The minimum absolute atomic E-state index is 0.172. The number of aromatic carboxylic acids is 1. The van der Waals surface area contributed by atoms with Crippen LogP contribution >= 0.6 is 0 Å². The Hall–Kier alpha value is -2.18. The Labute approximate surface area is 110 Å². The van der Waals surface area contributed by atoms with Gasteiger partial charge in [0.05, 0.1) is 11.9 Å². The Kier molecular flexibility index (Phi) is 3.64. The van der Waals surface area contributed by atoms with Crippen molar-refractivity contribution in [1.82, 2.24) is 24.5 Å². The van der Waals surface area contributed by atoms with Gasteiger partial charge in [0.1, 0.15) is 11.5 Å². The molecular formula is C12H17N5O2. The number of carbonyl (C=O) groups is 1. The van der Waals surface area contributed by atoms with E-state index < -0.39 is 5.97 Å². The van der Waals surface area contributed by atoms with Crippen molar-refractivity contribution in [3.8, 4) is 5.69 Å². The summed E-state index contributed by atoms with van der Waals surface area (Å²) < 4.78 is 3.30. The van der Waals surface area contributed by atoms with Crippen LogP contribution in [0.5, 0.6) is 0 Å². The normalized spacial score (nSPS) is 10.9. The fraction of sp³-hybridized carbons (Fsp3) is 0.500. The van der Waals surface area contributed by atoms with Crippen LogP contribution in [0, 0.1) is 0 Å². The minimum Gasteiger partial charge on any atom is -0.475 e. The number of aryl methyl sites for hydroxylation is 3. The second kappa shape index (κ2) is 5.21. The molecule has 0 aliphatic carbocycles. The van der Waals surface area contributed by atoms with E-state index >= 15 is 0 Å². The zero-order valence-electron chi connectivity index (χ0n) is 11.3. The Balaban J connectivity index is 2.55. The Morgan fingerprint density at radius 1 is 1.37 bits per heavy atom. The van der Waals surface area contributed by atoms with Crippen molar-refractivity contribution < 1.29 is 9.90 Å². The van der Waals surface area contributed by atoms with Crippen molar-refractivity contribution in [2.45, 2.75) is 33.1 Å². The summed E-state index contributed by atoms with van der Waals surface area (Å²) in [6.07, 6.45) is 4.14. The van der Waals surface area contributed by atoms with E-state index in [1.54, 1.807) is 9.36 Å². The quantitative estimate of drug-likeness (QED) is 0.876. The summed E-state index contributed by atoms with van der Waals surface area (Å²) in [6.45, 7) is 4.02. The first-order chi connectivity index (χ1) is 9.06. The number of carboxylic acids is 1. The van der Waals surface area contributed by atoms with Crippen LogP contribution in [0.4, 0.5) is 0 Å². The van der Waals surface area contributed by atoms with E-state index in [4.69, 9.17) is 5.11 Å². The fourth-order valence-corrected chi connectivity index (χ4v) is 1.96. The molecule has 0 aliphatic rings. The van der Waals surface area contributed by atoms with Crippen molar-refractivity contribution in [3.05, 3.63) is 23.5 Å². The maximum absolute atomic E-state index is 11.0. The van der Waals surface area contributed by atoms with Gasteiger partial charge in [-0.05, 0) is 12.8 Å². The van der Waals surface area contributed by atoms with Crippen LogP contribution in [0.15, 0.2) is 6.20 Å². The first kappa shape index (κ1) is 13.3. The lowest BCUT2D eigenvalue weighted by Gasteiger charge is -2.03. The first-order valence-corrected chi connectivity index (χ1v) is 6.28. The van der Waals surface area contributed by atoms with Crippen LogP contribution in [0.3, 0.4) is 0 Å². The standard InChI is InChI=1S/C12H17N5O2/c1-4-6-10-13-11(12(18)19)15-17(10)9-7-16(3)14-8(9)5-2/h7H,4-6H2,1-3H3,(H,18,19). The average Bonchev–Trinajstić information content (AvgIpc) is 2.93. The second-order valence-electron chi connectivity index (χ2n) is 4.31. The second-order valence-corrected chi connectivity index (χ2v) is 4.31. The van der Waals surface area contributed by atoms with Gasteiger partial charge in [0.25, 0.3) is 5.82 Å². The summed E-state index contributed by atoms with van der Waals surface area (Å²) in [7, 11) is 1.83. The third-order valence-corrected chi connectivity index (χ3v) is 2.79. The highest BCUT2D eigenvalue weighted by molar-refractivity contribution is 5.83. The molecular weight excluding hydrogens is 246 g/mol. The Bertz CT molecular complexity index is 599. The number of nitrogens with zero attached hydrogens (tertiary/aromatic N) is 5. The van der Waals surface area contributed by atoms with E-state index in [0.717, 1.165) is 24.2 Å². The summed E-state index contributed by atoms with van der Waals surface area (Å²) in [6, 6.07) is 0. The van der Waals surface area contributed by atoms with Crippen molar-refractivity contribution in [1.29, 1.82) is 0 Å². The zero-order valence-corrected chi connectivity index (χ0v) is 11.3. The van der Waals surface area contributed by atoms with Gasteiger partial charge in [-0.1, -0.05) is 13.8 Å². The van der Waals surface area contributed by atoms with E-state index in [0.29, 0.717) is 12.2 Å². The van der Waals surface area contributed by atoms with Crippen LogP contribution in [0.1, 0.15) is 42.4 Å². The van der Waals surface area contributed by atoms with Crippen LogP contribution in [-0.2, 0) is 19.9 Å². The van der Waals surface area contributed by atoms with Gasteiger partial charge in [0.2, 0.25) is 0 Å². The zero-order chi connectivity index (χ0) is 14.0. The predicted octanol–water partition coefficient (Wildman–Crippen LogP) is 1.21. The fourth-order valence-electron chi connectivity index (χ4n) is 1.96. The van der Waals surface area contributed by atoms with Crippen molar-refractivity contribution in [3.63, 3.8) is 0 Å². The van der Waals surface area contributed by atoms with Crippen molar-refractivity contribution in [2.24, 2.45) is 7.05 Å². The molecule has 2 heterocycles. The molecule has 1 N–H and O–H groups in total. The SMILES string of the molecule is CCCc1nc(C(=O)O)nn1-c1cn(C)nc1CC. The van der Waals surface area contributed by atoms with Crippen LogP contribution in [-0.4, -0.2) is 35.6 Å². The summed E-state index contributed by atoms with van der Waals surface area (Å²) in [5.74, 6) is -0.630. The molecule has 0 saturated carbocycles. The van der Waals surface area contributed by atoms with Crippen LogP contribution < -0.4 is 0 Å². The molecule has 0 amide bonds. The molecule has 0 atom stereocenters. The number of hydrogen-bond acceptors (Lipinski definition) is 4. The number of rotatable bonds is 5. The maximum atomic E-state index is 11.0. The highest BCUT2D eigenvalue weighted by atomic mass is 16.4. The summed E-state index contributed by atoms with van der Waals surface area (Å²) in [4.78, 5) is 15.1. The summed E-state index contributed by atoms with van der Waals surface area (Å²) in [5.41, 5.74) is 1.68. The lowest BCUT2D eigenvalue weighted by atomic mass is 10.3. The molecule has 0 aromatic carbocycles.